The Bertz CT molecular complexity index is 1350. The molecule has 38 heavy (non-hydrogen) atoms. The first-order chi connectivity index (χ1) is 18.0. The Morgan fingerprint density at radius 3 is 2.13 bits per heavy atom. The van der Waals surface area contributed by atoms with Gasteiger partial charge in [-0.15, -0.1) is 0 Å². The third-order valence-electron chi connectivity index (χ3n) is 5.85. The van der Waals surface area contributed by atoms with Crippen LogP contribution in [-0.4, -0.2) is 44.3 Å². The molecule has 7 nitrogen and oxygen atoms in total. The van der Waals surface area contributed by atoms with Gasteiger partial charge in [0.25, 0.3) is 10.0 Å². The van der Waals surface area contributed by atoms with Crippen molar-refractivity contribution in [3.05, 3.63) is 95.3 Å². The van der Waals surface area contributed by atoms with Crippen LogP contribution in [-0.2, 0) is 26.2 Å². The maximum Gasteiger partial charge on any atom is 0.264 e. The molecule has 202 valence electrons. The molecular formula is C28H31ClFN3O4S. The van der Waals surface area contributed by atoms with Crippen molar-refractivity contribution < 1.29 is 22.4 Å². The van der Waals surface area contributed by atoms with E-state index >= 15 is 0 Å². The van der Waals surface area contributed by atoms with E-state index in [9.17, 15) is 22.4 Å². The Balaban J connectivity index is 2.00. The predicted octanol–water partition coefficient (Wildman–Crippen LogP) is 4.86. The highest BCUT2D eigenvalue weighted by Gasteiger charge is 2.33. The van der Waals surface area contributed by atoms with Crippen molar-refractivity contribution in [3.63, 3.8) is 0 Å². The molecule has 3 aromatic carbocycles. The quantitative estimate of drug-likeness (QED) is 0.363. The first-order valence-corrected chi connectivity index (χ1v) is 14.0. The fraction of sp³-hybridized carbons (Fsp3) is 0.286. The molecule has 10 heteroatoms. The summed E-state index contributed by atoms with van der Waals surface area (Å²) in [6.07, 6.45) is 0. The molecule has 0 saturated heterocycles. The lowest BCUT2D eigenvalue weighted by Crippen LogP contribution is -2.51. The van der Waals surface area contributed by atoms with Gasteiger partial charge in [-0.3, -0.25) is 13.9 Å². The Labute approximate surface area is 228 Å². The van der Waals surface area contributed by atoms with Crippen molar-refractivity contribution >= 4 is 39.1 Å². The summed E-state index contributed by atoms with van der Waals surface area (Å²) in [7, 11) is -4.20. The van der Waals surface area contributed by atoms with E-state index in [0.29, 0.717) is 12.1 Å². The standard InChI is InChI=1S/C28H31ClFN3O4S/c1-20(2)17-31-28(35)21(3)32(18-22-13-15-23(30)16-14-22)27(34)19-33(26-12-8-7-11-25(26)29)38(36,37)24-9-5-4-6-10-24/h4-16,20-21H,17-19H2,1-3H3,(H,31,35)/t21-/m0/s1. The number of rotatable bonds is 11. The molecule has 2 amide bonds. The Morgan fingerprint density at radius 2 is 1.53 bits per heavy atom. The summed E-state index contributed by atoms with van der Waals surface area (Å²) in [6, 6.07) is 18.7. The van der Waals surface area contributed by atoms with Gasteiger partial charge < -0.3 is 10.2 Å². The normalized spacial score (nSPS) is 12.2. The van der Waals surface area contributed by atoms with Crippen LogP contribution in [0.2, 0.25) is 5.02 Å². The van der Waals surface area contributed by atoms with Crippen LogP contribution < -0.4 is 9.62 Å². The smallest absolute Gasteiger partial charge is 0.264 e. The van der Waals surface area contributed by atoms with Crippen molar-refractivity contribution in [1.82, 2.24) is 10.2 Å². The summed E-state index contributed by atoms with van der Waals surface area (Å²) in [5, 5.41) is 2.96. The zero-order chi connectivity index (χ0) is 27.9. The topological polar surface area (TPSA) is 86.8 Å². The molecule has 0 aromatic heterocycles. The molecule has 0 aliphatic rings. The molecule has 3 rings (SSSR count). The third-order valence-corrected chi connectivity index (χ3v) is 7.94. The molecule has 1 atom stereocenters. The number of amides is 2. The van der Waals surface area contributed by atoms with Gasteiger partial charge in [-0.1, -0.05) is 67.9 Å². The van der Waals surface area contributed by atoms with Crippen molar-refractivity contribution in [2.24, 2.45) is 5.92 Å². The molecule has 0 heterocycles. The van der Waals surface area contributed by atoms with Crippen LogP contribution in [0.25, 0.3) is 0 Å². The Hall–Kier alpha value is -3.43. The fourth-order valence-corrected chi connectivity index (χ4v) is 5.45. The van der Waals surface area contributed by atoms with Gasteiger partial charge >= 0.3 is 0 Å². The average molecular weight is 560 g/mol. The first-order valence-electron chi connectivity index (χ1n) is 12.1. The van der Waals surface area contributed by atoms with Gasteiger partial charge in [0, 0.05) is 13.1 Å². The van der Waals surface area contributed by atoms with Crippen molar-refractivity contribution in [3.8, 4) is 0 Å². The minimum Gasteiger partial charge on any atom is -0.354 e. The second-order valence-corrected chi connectivity index (χ2v) is 11.5. The molecule has 0 bridgehead atoms. The number of benzene rings is 3. The van der Waals surface area contributed by atoms with Crippen molar-refractivity contribution in [2.45, 2.75) is 38.3 Å². The number of sulfonamides is 1. The molecular weight excluding hydrogens is 529 g/mol. The van der Waals surface area contributed by atoms with Crippen LogP contribution >= 0.6 is 11.6 Å². The molecule has 0 aliphatic heterocycles. The SMILES string of the molecule is CC(C)CNC(=O)[C@H](C)N(Cc1ccc(F)cc1)C(=O)CN(c1ccccc1Cl)S(=O)(=O)c1ccccc1. The van der Waals surface area contributed by atoms with Crippen LogP contribution in [0.5, 0.6) is 0 Å². The van der Waals surface area contributed by atoms with Gasteiger partial charge in [0.05, 0.1) is 15.6 Å². The van der Waals surface area contributed by atoms with E-state index < -0.39 is 34.3 Å². The molecule has 0 unspecified atom stereocenters. The predicted molar refractivity (Wildman–Crippen MR) is 147 cm³/mol. The number of anilines is 1. The summed E-state index contributed by atoms with van der Waals surface area (Å²) < 4.78 is 41.8. The summed E-state index contributed by atoms with van der Waals surface area (Å²) in [5.74, 6) is -1.25. The lowest BCUT2D eigenvalue weighted by atomic mass is 10.1. The van der Waals surface area contributed by atoms with Crippen molar-refractivity contribution in [2.75, 3.05) is 17.4 Å². The number of para-hydroxylation sites is 1. The summed E-state index contributed by atoms with van der Waals surface area (Å²) in [5.41, 5.74) is 0.712. The zero-order valence-corrected chi connectivity index (χ0v) is 23.0. The minimum absolute atomic E-state index is 0.0134. The number of carbonyl (C=O) groups is 2. The highest BCUT2D eigenvalue weighted by Crippen LogP contribution is 2.30. The molecule has 0 spiro atoms. The number of nitrogens with zero attached hydrogens (tertiary/aromatic N) is 2. The molecule has 0 fully saturated rings. The van der Waals surface area contributed by atoms with Crippen LogP contribution in [0.15, 0.2) is 83.8 Å². The first kappa shape index (κ1) is 29.1. The number of hydrogen-bond donors (Lipinski definition) is 1. The van der Waals surface area contributed by atoms with Gasteiger partial charge in [-0.2, -0.15) is 0 Å². The fourth-order valence-electron chi connectivity index (χ4n) is 3.71. The Kier molecular flexibility index (Phi) is 9.88. The second kappa shape index (κ2) is 12.9. The number of carbonyl (C=O) groups excluding carboxylic acids is 2. The highest BCUT2D eigenvalue weighted by molar-refractivity contribution is 7.92. The molecule has 3 aromatic rings. The maximum atomic E-state index is 13.8. The molecule has 1 N–H and O–H groups in total. The third kappa shape index (κ3) is 7.33. The number of nitrogens with one attached hydrogen (secondary N) is 1. The minimum atomic E-state index is -4.20. The second-order valence-electron chi connectivity index (χ2n) is 9.24. The molecule has 0 radical (unpaired) electrons. The van der Waals surface area contributed by atoms with E-state index in [-0.39, 0.29) is 34.0 Å². The van der Waals surface area contributed by atoms with E-state index in [4.69, 9.17) is 11.6 Å². The van der Waals surface area contributed by atoms with Gasteiger partial charge in [0.2, 0.25) is 11.8 Å². The van der Waals surface area contributed by atoms with Gasteiger partial charge in [0.15, 0.2) is 0 Å². The Morgan fingerprint density at radius 1 is 0.921 bits per heavy atom. The highest BCUT2D eigenvalue weighted by atomic mass is 35.5. The van der Waals surface area contributed by atoms with E-state index in [1.165, 1.54) is 53.4 Å². The summed E-state index contributed by atoms with van der Waals surface area (Å²) >= 11 is 6.37. The van der Waals surface area contributed by atoms with Crippen LogP contribution in [0, 0.1) is 11.7 Å². The monoisotopic (exact) mass is 559 g/mol. The van der Waals surface area contributed by atoms with Crippen LogP contribution in [0.3, 0.4) is 0 Å². The summed E-state index contributed by atoms with van der Waals surface area (Å²) in [4.78, 5) is 28.0. The van der Waals surface area contributed by atoms with Crippen molar-refractivity contribution in [1.29, 1.82) is 0 Å². The van der Waals surface area contributed by atoms with E-state index in [2.05, 4.69) is 5.32 Å². The zero-order valence-electron chi connectivity index (χ0n) is 21.5. The lowest BCUT2D eigenvalue weighted by Gasteiger charge is -2.32. The average Bonchev–Trinajstić information content (AvgIpc) is 2.90. The largest absolute Gasteiger partial charge is 0.354 e. The number of halogens is 2. The van der Waals surface area contributed by atoms with Gasteiger partial charge in [-0.25, -0.2) is 12.8 Å². The van der Waals surface area contributed by atoms with Gasteiger partial charge in [0.1, 0.15) is 18.4 Å². The molecule has 0 saturated carbocycles. The molecule has 0 aliphatic carbocycles. The maximum absolute atomic E-state index is 13.8. The summed E-state index contributed by atoms with van der Waals surface area (Å²) in [6.45, 7) is 5.24. The van der Waals surface area contributed by atoms with E-state index in [1.807, 2.05) is 13.8 Å². The van der Waals surface area contributed by atoms with E-state index in [1.54, 1.807) is 37.3 Å². The lowest BCUT2D eigenvalue weighted by molar-refractivity contribution is -0.139. The van der Waals surface area contributed by atoms with Crippen LogP contribution in [0.1, 0.15) is 26.3 Å². The number of hydrogen-bond acceptors (Lipinski definition) is 4. The van der Waals surface area contributed by atoms with E-state index in [0.717, 1.165) is 4.31 Å². The van der Waals surface area contributed by atoms with Gasteiger partial charge in [-0.05, 0) is 54.8 Å². The van der Waals surface area contributed by atoms with Crippen LogP contribution in [0.4, 0.5) is 10.1 Å².